The number of hydrogen-bond donors (Lipinski definition) is 2. The summed E-state index contributed by atoms with van der Waals surface area (Å²) in [6.07, 6.45) is 3.38. The van der Waals surface area contributed by atoms with Crippen LogP contribution in [0.25, 0.3) is 22.5 Å². The zero-order chi connectivity index (χ0) is 15.6. The number of aromatic amines is 1. The van der Waals surface area contributed by atoms with Crippen LogP contribution in [0.4, 0.5) is 11.6 Å². The van der Waals surface area contributed by atoms with Gasteiger partial charge in [0.15, 0.2) is 5.58 Å². The van der Waals surface area contributed by atoms with E-state index >= 15 is 0 Å². The molecule has 0 amide bonds. The molecule has 7 nitrogen and oxygen atoms in total. The highest BCUT2D eigenvalue weighted by atomic mass is 16.4. The third kappa shape index (κ3) is 2.67. The minimum absolute atomic E-state index is 0.443. The number of benzene rings is 1. The van der Waals surface area contributed by atoms with Gasteiger partial charge in [0.05, 0.1) is 16.9 Å². The summed E-state index contributed by atoms with van der Waals surface area (Å²) in [6.45, 7) is 0. The van der Waals surface area contributed by atoms with Gasteiger partial charge in [0.1, 0.15) is 0 Å². The number of hydrogen-bond acceptors (Lipinski definition) is 6. The predicted molar refractivity (Wildman–Crippen MR) is 85.4 cm³/mol. The lowest BCUT2D eigenvalue weighted by Crippen LogP contribution is -1.98. The molecule has 0 aliphatic heterocycles. The molecular formula is C16H11N5O2. The Hall–Kier alpha value is -3.48. The normalized spacial score (nSPS) is 10.8. The maximum atomic E-state index is 11.2. The third-order valence-electron chi connectivity index (χ3n) is 3.26. The fourth-order valence-corrected chi connectivity index (χ4v) is 2.23. The summed E-state index contributed by atoms with van der Waals surface area (Å²) in [5.41, 5.74) is 3.35. The second-order valence-corrected chi connectivity index (χ2v) is 4.83. The van der Waals surface area contributed by atoms with E-state index in [2.05, 4.69) is 25.3 Å². The molecule has 2 N–H and O–H groups in total. The first-order valence-corrected chi connectivity index (χ1v) is 6.92. The lowest BCUT2D eigenvalue weighted by Gasteiger charge is -2.06. The second-order valence-electron chi connectivity index (χ2n) is 4.83. The van der Waals surface area contributed by atoms with Crippen LogP contribution >= 0.6 is 0 Å². The van der Waals surface area contributed by atoms with E-state index in [1.165, 1.54) is 0 Å². The Kier molecular flexibility index (Phi) is 3.09. The minimum Gasteiger partial charge on any atom is -0.408 e. The second kappa shape index (κ2) is 5.38. The average molecular weight is 305 g/mol. The Morgan fingerprint density at radius 1 is 1.00 bits per heavy atom. The van der Waals surface area contributed by atoms with E-state index < -0.39 is 5.76 Å². The van der Waals surface area contributed by atoms with E-state index in [9.17, 15) is 4.79 Å². The van der Waals surface area contributed by atoms with Crippen molar-refractivity contribution in [2.45, 2.75) is 0 Å². The lowest BCUT2D eigenvalue weighted by atomic mass is 10.2. The Balaban J connectivity index is 1.66. The van der Waals surface area contributed by atoms with Crippen molar-refractivity contribution in [1.29, 1.82) is 0 Å². The quantitative estimate of drug-likeness (QED) is 0.604. The molecule has 4 rings (SSSR count). The first-order valence-electron chi connectivity index (χ1n) is 6.92. The molecule has 0 saturated heterocycles. The van der Waals surface area contributed by atoms with Crippen molar-refractivity contribution in [3.8, 4) is 11.4 Å². The van der Waals surface area contributed by atoms with E-state index in [0.29, 0.717) is 17.0 Å². The van der Waals surface area contributed by atoms with Crippen molar-refractivity contribution in [1.82, 2.24) is 19.9 Å². The molecule has 7 heteroatoms. The van der Waals surface area contributed by atoms with Crippen LogP contribution in [0.15, 0.2) is 64.1 Å². The summed E-state index contributed by atoms with van der Waals surface area (Å²) < 4.78 is 4.97. The van der Waals surface area contributed by atoms with Crippen LogP contribution in [-0.4, -0.2) is 19.9 Å². The number of H-pyrrole nitrogens is 1. The van der Waals surface area contributed by atoms with Crippen LogP contribution in [-0.2, 0) is 0 Å². The molecule has 0 fully saturated rings. The van der Waals surface area contributed by atoms with Gasteiger partial charge < -0.3 is 9.73 Å². The maximum Gasteiger partial charge on any atom is 0.417 e. The van der Waals surface area contributed by atoms with Crippen LogP contribution in [0.2, 0.25) is 0 Å². The molecule has 0 spiro atoms. The number of aromatic nitrogens is 4. The van der Waals surface area contributed by atoms with Crippen molar-refractivity contribution < 1.29 is 4.42 Å². The van der Waals surface area contributed by atoms with Crippen LogP contribution in [0.3, 0.4) is 0 Å². The lowest BCUT2D eigenvalue weighted by molar-refractivity contribution is 0.555. The van der Waals surface area contributed by atoms with E-state index in [4.69, 9.17) is 4.42 Å². The Labute approximate surface area is 130 Å². The Morgan fingerprint density at radius 3 is 2.83 bits per heavy atom. The van der Waals surface area contributed by atoms with Gasteiger partial charge in [-0.25, -0.2) is 14.8 Å². The van der Waals surface area contributed by atoms with Crippen molar-refractivity contribution in [3.05, 3.63) is 65.4 Å². The number of nitrogens with one attached hydrogen (secondary N) is 2. The van der Waals surface area contributed by atoms with Crippen LogP contribution in [0.5, 0.6) is 0 Å². The van der Waals surface area contributed by atoms with Crippen molar-refractivity contribution in [2.24, 2.45) is 0 Å². The van der Waals surface area contributed by atoms with Crippen LogP contribution < -0.4 is 11.1 Å². The molecule has 4 aromatic rings. The summed E-state index contributed by atoms with van der Waals surface area (Å²) in [6, 6.07) is 12.7. The highest BCUT2D eigenvalue weighted by molar-refractivity contribution is 5.78. The number of rotatable bonds is 3. The molecule has 1 aromatic carbocycles. The Morgan fingerprint density at radius 2 is 1.96 bits per heavy atom. The van der Waals surface area contributed by atoms with Crippen LogP contribution in [0, 0.1) is 0 Å². The third-order valence-corrected chi connectivity index (χ3v) is 3.26. The number of pyridine rings is 1. The van der Waals surface area contributed by atoms with Crippen molar-refractivity contribution in [2.75, 3.05) is 5.32 Å². The zero-order valence-corrected chi connectivity index (χ0v) is 11.9. The van der Waals surface area contributed by atoms with Gasteiger partial charge in [0.2, 0.25) is 5.95 Å². The van der Waals surface area contributed by atoms with Gasteiger partial charge in [0, 0.05) is 18.1 Å². The number of anilines is 2. The molecule has 0 atom stereocenters. The van der Waals surface area contributed by atoms with Gasteiger partial charge in [0.25, 0.3) is 0 Å². The van der Waals surface area contributed by atoms with E-state index in [1.54, 1.807) is 36.7 Å². The molecule has 0 unspecified atom stereocenters. The SMILES string of the molecule is O=c1[nH]c2cc(Nc3nccc(-c4ccccn4)n3)ccc2o1. The molecule has 0 aliphatic rings. The summed E-state index contributed by atoms with van der Waals surface area (Å²) in [5, 5.41) is 3.10. The molecule has 3 aromatic heterocycles. The van der Waals surface area contributed by atoms with Crippen molar-refractivity contribution >= 4 is 22.7 Å². The molecule has 112 valence electrons. The first-order chi connectivity index (χ1) is 11.3. The monoisotopic (exact) mass is 305 g/mol. The smallest absolute Gasteiger partial charge is 0.408 e. The topological polar surface area (TPSA) is 96.7 Å². The van der Waals surface area contributed by atoms with E-state index in [-0.39, 0.29) is 0 Å². The molecule has 0 bridgehead atoms. The number of nitrogens with zero attached hydrogens (tertiary/aromatic N) is 3. The highest BCUT2D eigenvalue weighted by Crippen LogP contribution is 2.20. The molecule has 0 saturated carbocycles. The predicted octanol–water partition coefficient (Wildman–Crippen LogP) is 2.72. The van der Waals surface area contributed by atoms with E-state index in [0.717, 1.165) is 17.1 Å². The summed E-state index contributed by atoms with van der Waals surface area (Å²) in [4.78, 5) is 26.7. The summed E-state index contributed by atoms with van der Waals surface area (Å²) >= 11 is 0. The molecular weight excluding hydrogens is 294 g/mol. The van der Waals surface area contributed by atoms with Gasteiger partial charge in [-0.15, -0.1) is 0 Å². The zero-order valence-electron chi connectivity index (χ0n) is 11.9. The standard InChI is InChI=1S/C16H11N5O2/c22-16-21-13-9-10(4-5-14(13)23-16)19-15-18-8-6-12(20-15)11-3-1-2-7-17-11/h1-9H,(H,21,22)(H,18,19,20). The minimum atomic E-state index is -0.481. The van der Waals surface area contributed by atoms with Crippen molar-refractivity contribution in [3.63, 3.8) is 0 Å². The van der Waals surface area contributed by atoms with Gasteiger partial charge in [-0.05, 0) is 36.4 Å². The fourth-order valence-electron chi connectivity index (χ4n) is 2.23. The number of fused-ring (bicyclic) bond motifs is 1. The number of oxazole rings is 1. The summed E-state index contributed by atoms with van der Waals surface area (Å²) in [7, 11) is 0. The van der Waals surface area contributed by atoms with Gasteiger partial charge in [-0.2, -0.15) is 0 Å². The highest BCUT2D eigenvalue weighted by Gasteiger charge is 2.05. The molecule has 0 radical (unpaired) electrons. The largest absolute Gasteiger partial charge is 0.417 e. The molecule has 23 heavy (non-hydrogen) atoms. The van der Waals surface area contributed by atoms with Gasteiger partial charge in [-0.1, -0.05) is 6.07 Å². The maximum absolute atomic E-state index is 11.2. The first kappa shape index (κ1) is 13.2. The Bertz CT molecular complexity index is 1020. The summed E-state index contributed by atoms with van der Waals surface area (Å²) in [5.74, 6) is -0.0381. The fraction of sp³-hybridized carbons (Fsp3) is 0. The van der Waals surface area contributed by atoms with Crippen LogP contribution in [0.1, 0.15) is 0 Å². The molecule has 3 heterocycles. The molecule has 0 aliphatic carbocycles. The van der Waals surface area contributed by atoms with Gasteiger partial charge in [-0.3, -0.25) is 9.97 Å². The van der Waals surface area contributed by atoms with Gasteiger partial charge >= 0.3 is 5.76 Å². The van der Waals surface area contributed by atoms with E-state index in [1.807, 2.05) is 18.2 Å². The average Bonchev–Trinajstić information content (AvgIpc) is 2.95.